The number of hydrogen-bond acceptors (Lipinski definition) is 5. The van der Waals surface area contributed by atoms with Crippen molar-refractivity contribution in [3.63, 3.8) is 0 Å². The maximum absolute atomic E-state index is 5.99. The summed E-state index contributed by atoms with van der Waals surface area (Å²) in [6, 6.07) is 45.1. The van der Waals surface area contributed by atoms with Crippen molar-refractivity contribution in [2.24, 2.45) is 5.10 Å². The van der Waals surface area contributed by atoms with E-state index in [4.69, 9.17) is 21.1 Å². The Morgan fingerprint density at radius 2 is 1.14 bits per heavy atom. The summed E-state index contributed by atoms with van der Waals surface area (Å²) in [7, 11) is 0. The molecule has 1 unspecified atom stereocenters. The molecule has 0 aliphatic carbocycles. The highest BCUT2D eigenvalue weighted by atomic mass is 35.5. The molecule has 1 aromatic heterocycles. The summed E-state index contributed by atoms with van der Waals surface area (Å²) in [5.41, 5.74) is 8.47. The zero-order valence-electron chi connectivity index (χ0n) is 23.2. The quantitative estimate of drug-likeness (QED) is 0.177. The molecule has 208 valence electrons. The molecule has 6 aromatic rings. The van der Waals surface area contributed by atoms with Crippen LogP contribution in [0.5, 0.6) is 0 Å². The molecule has 0 saturated carbocycles. The molecule has 0 radical (unpaired) electrons. The lowest BCUT2D eigenvalue weighted by Gasteiger charge is -2.24. The molecule has 6 heteroatoms. The second-order valence-electron chi connectivity index (χ2n) is 10.4. The minimum Gasteiger partial charge on any atom is -0.416 e. The first-order valence-electron chi connectivity index (χ1n) is 14.1. The lowest BCUT2D eigenvalue weighted by Crippen LogP contribution is -2.18. The minimum atomic E-state index is 0.150. The Morgan fingerprint density at radius 1 is 0.605 bits per heavy atom. The summed E-state index contributed by atoms with van der Waals surface area (Å²) in [6.07, 6.45) is 5.07. The zero-order valence-corrected chi connectivity index (χ0v) is 24.0. The van der Waals surface area contributed by atoms with E-state index in [2.05, 4.69) is 106 Å². The van der Waals surface area contributed by atoms with Gasteiger partial charge in [0.15, 0.2) is 0 Å². The first-order chi connectivity index (χ1) is 21.2. The van der Waals surface area contributed by atoms with E-state index in [1.807, 2.05) is 42.5 Å². The van der Waals surface area contributed by atoms with Gasteiger partial charge in [-0.2, -0.15) is 5.10 Å². The Kier molecular flexibility index (Phi) is 7.38. The van der Waals surface area contributed by atoms with Crippen LogP contribution in [0.1, 0.15) is 34.7 Å². The third kappa shape index (κ3) is 5.89. The molecule has 0 bridgehead atoms. The monoisotopic (exact) mass is 578 g/mol. The van der Waals surface area contributed by atoms with E-state index >= 15 is 0 Å². The molecule has 5 aromatic carbocycles. The highest BCUT2D eigenvalue weighted by molar-refractivity contribution is 6.30. The van der Waals surface area contributed by atoms with Crippen LogP contribution in [0.25, 0.3) is 35.1 Å². The van der Waals surface area contributed by atoms with Gasteiger partial charge < -0.3 is 4.42 Å². The summed E-state index contributed by atoms with van der Waals surface area (Å²) in [5.74, 6) is 0.940. The number of hydrazone groups is 1. The van der Waals surface area contributed by atoms with E-state index < -0.39 is 0 Å². The van der Waals surface area contributed by atoms with E-state index in [-0.39, 0.29) is 6.04 Å². The third-order valence-electron chi connectivity index (χ3n) is 7.50. The van der Waals surface area contributed by atoms with Crippen LogP contribution in [0.4, 0.5) is 5.69 Å². The SMILES string of the molecule is Clc1ccc(-c2nnc(-c3ccc(/C=C/c4ccc(N5N=C(c6ccccc6)CC5c5ccccc5)cc4)cc3)o2)cc1. The second-order valence-corrected chi connectivity index (χ2v) is 10.8. The van der Waals surface area contributed by atoms with Crippen LogP contribution in [-0.2, 0) is 0 Å². The van der Waals surface area contributed by atoms with Gasteiger partial charge in [-0.1, -0.05) is 109 Å². The minimum absolute atomic E-state index is 0.150. The standard InChI is InChI=1S/C37H27ClN4O/c38-32-21-19-31(20-22-32)37-40-39-36(43-37)30-17-13-26(14-18-30)11-12-27-15-23-33(24-16-27)42-35(29-9-5-2-6-10-29)25-34(41-42)28-7-3-1-4-8-28/h1-24,35H,25H2/b12-11+. The molecule has 1 atom stereocenters. The molecular weight excluding hydrogens is 552 g/mol. The number of benzene rings is 5. The zero-order chi connectivity index (χ0) is 29.0. The number of rotatable bonds is 7. The van der Waals surface area contributed by atoms with Gasteiger partial charge in [0.2, 0.25) is 11.8 Å². The molecule has 0 amide bonds. The average Bonchev–Trinajstić information content (AvgIpc) is 3.75. The van der Waals surface area contributed by atoms with E-state index in [1.165, 1.54) is 5.56 Å². The van der Waals surface area contributed by atoms with Gasteiger partial charge in [0, 0.05) is 22.6 Å². The van der Waals surface area contributed by atoms with Crippen LogP contribution in [0.3, 0.4) is 0 Å². The normalized spacial score (nSPS) is 14.8. The summed E-state index contributed by atoms with van der Waals surface area (Å²) >= 11 is 5.99. The first kappa shape index (κ1) is 26.6. The number of nitrogens with zero attached hydrogens (tertiary/aromatic N) is 4. The number of hydrogen-bond donors (Lipinski definition) is 0. The van der Waals surface area contributed by atoms with E-state index in [1.54, 1.807) is 12.1 Å². The van der Waals surface area contributed by atoms with Crippen molar-refractivity contribution in [1.82, 2.24) is 10.2 Å². The lowest BCUT2D eigenvalue weighted by molar-refractivity contribution is 0.584. The fourth-order valence-electron chi connectivity index (χ4n) is 5.20. The molecule has 43 heavy (non-hydrogen) atoms. The number of halogens is 1. The fraction of sp³-hybridized carbons (Fsp3) is 0.0541. The van der Waals surface area contributed by atoms with E-state index in [0.29, 0.717) is 16.8 Å². The van der Waals surface area contributed by atoms with Crippen molar-refractivity contribution in [2.45, 2.75) is 12.5 Å². The smallest absolute Gasteiger partial charge is 0.248 e. The summed E-state index contributed by atoms with van der Waals surface area (Å²) in [5, 5.41) is 16.3. The predicted octanol–water partition coefficient (Wildman–Crippen LogP) is 9.58. The summed E-state index contributed by atoms with van der Waals surface area (Å²) in [4.78, 5) is 0. The lowest BCUT2D eigenvalue weighted by atomic mass is 9.98. The molecule has 1 aliphatic heterocycles. The summed E-state index contributed by atoms with van der Waals surface area (Å²) < 4.78 is 5.89. The Morgan fingerprint density at radius 3 is 1.74 bits per heavy atom. The van der Waals surface area contributed by atoms with Crippen LogP contribution in [0.15, 0.2) is 143 Å². The highest BCUT2D eigenvalue weighted by Gasteiger charge is 2.29. The van der Waals surface area contributed by atoms with Gasteiger partial charge in [0.1, 0.15) is 0 Å². The van der Waals surface area contributed by atoms with Crippen LogP contribution in [0, 0.1) is 0 Å². The second kappa shape index (κ2) is 11.9. The Bertz CT molecular complexity index is 1880. The van der Waals surface area contributed by atoms with Crippen molar-refractivity contribution in [3.05, 3.63) is 161 Å². The maximum Gasteiger partial charge on any atom is 0.248 e. The van der Waals surface area contributed by atoms with Crippen molar-refractivity contribution < 1.29 is 4.42 Å². The van der Waals surface area contributed by atoms with Gasteiger partial charge in [0.05, 0.1) is 17.4 Å². The van der Waals surface area contributed by atoms with E-state index in [9.17, 15) is 0 Å². The molecule has 2 heterocycles. The molecule has 0 fully saturated rings. The molecule has 5 nitrogen and oxygen atoms in total. The van der Waals surface area contributed by atoms with Crippen molar-refractivity contribution in [2.75, 3.05) is 5.01 Å². The largest absolute Gasteiger partial charge is 0.416 e. The topological polar surface area (TPSA) is 54.5 Å². The third-order valence-corrected chi connectivity index (χ3v) is 7.75. The van der Waals surface area contributed by atoms with Gasteiger partial charge in [-0.25, -0.2) is 0 Å². The predicted molar refractivity (Wildman–Crippen MR) is 175 cm³/mol. The molecular formula is C37H27ClN4O. The van der Waals surface area contributed by atoms with Gasteiger partial charge in [-0.05, 0) is 70.8 Å². The summed E-state index contributed by atoms with van der Waals surface area (Å²) in [6.45, 7) is 0. The van der Waals surface area contributed by atoms with Gasteiger partial charge in [-0.15, -0.1) is 10.2 Å². The van der Waals surface area contributed by atoms with Crippen molar-refractivity contribution in [3.8, 4) is 22.9 Å². The Hall–Kier alpha value is -5.26. The first-order valence-corrected chi connectivity index (χ1v) is 14.5. The van der Waals surface area contributed by atoms with E-state index in [0.717, 1.165) is 45.6 Å². The van der Waals surface area contributed by atoms with Crippen LogP contribution in [-0.4, -0.2) is 15.9 Å². The van der Waals surface area contributed by atoms with Gasteiger partial charge in [-0.3, -0.25) is 5.01 Å². The number of anilines is 1. The highest BCUT2D eigenvalue weighted by Crippen LogP contribution is 2.37. The van der Waals surface area contributed by atoms with Crippen molar-refractivity contribution >= 4 is 35.2 Å². The number of aromatic nitrogens is 2. The Balaban J connectivity index is 1.06. The molecule has 1 aliphatic rings. The van der Waals surface area contributed by atoms with Crippen LogP contribution < -0.4 is 5.01 Å². The Labute approximate surface area is 255 Å². The molecule has 7 rings (SSSR count). The van der Waals surface area contributed by atoms with Gasteiger partial charge in [0.25, 0.3) is 0 Å². The van der Waals surface area contributed by atoms with Crippen molar-refractivity contribution in [1.29, 1.82) is 0 Å². The van der Waals surface area contributed by atoms with Gasteiger partial charge >= 0.3 is 0 Å². The van der Waals surface area contributed by atoms with Crippen LogP contribution in [0.2, 0.25) is 5.02 Å². The molecule has 0 spiro atoms. The van der Waals surface area contributed by atoms with Crippen LogP contribution >= 0.6 is 11.6 Å². The average molecular weight is 579 g/mol. The molecule has 0 N–H and O–H groups in total. The maximum atomic E-state index is 5.99. The molecule has 0 saturated heterocycles. The fourth-order valence-corrected chi connectivity index (χ4v) is 5.33.